The number of nitrogens with one attached hydrogen (secondary N) is 2. The van der Waals surface area contributed by atoms with Crippen LogP contribution < -0.4 is 5.32 Å². The third-order valence-electron chi connectivity index (χ3n) is 6.29. The average Bonchev–Trinajstić information content (AvgIpc) is 3.54. The SMILES string of the molecule is Cn1ccc(C(=O)Nc2ccccc2C(=O)N2CCC[C@H](c3[nH]ncc3-c3ccc(F)cc3)C2)n1. The molecule has 35 heavy (non-hydrogen) atoms. The third kappa shape index (κ3) is 4.70. The lowest BCUT2D eigenvalue weighted by atomic mass is 9.90. The van der Waals surface area contributed by atoms with Crippen LogP contribution in [-0.2, 0) is 7.05 Å². The normalized spacial score (nSPS) is 15.7. The molecule has 0 radical (unpaired) electrons. The van der Waals surface area contributed by atoms with Crippen molar-refractivity contribution in [3.8, 4) is 11.1 Å². The van der Waals surface area contributed by atoms with Crippen LogP contribution in [0.3, 0.4) is 0 Å². The highest BCUT2D eigenvalue weighted by Crippen LogP contribution is 2.34. The fraction of sp³-hybridized carbons (Fsp3) is 0.231. The highest BCUT2D eigenvalue weighted by molar-refractivity contribution is 6.08. The van der Waals surface area contributed by atoms with Gasteiger partial charge in [0.2, 0.25) is 0 Å². The molecule has 178 valence electrons. The number of hydrogen-bond acceptors (Lipinski definition) is 4. The van der Waals surface area contributed by atoms with E-state index in [0.717, 1.165) is 29.7 Å². The summed E-state index contributed by atoms with van der Waals surface area (Å²) in [4.78, 5) is 28.0. The Morgan fingerprint density at radius 1 is 1.11 bits per heavy atom. The number of carbonyl (C=O) groups is 2. The van der Waals surface area contributed by atoms with Gasteiger partial charge in [-0.25, -0.2) is 4.39 Å². The molecule has 0 bridgehead atoms. The van der Waals surface area contributed by atoms with Gasteiger partial charge in [-0.15, -0.1) is 0 Å². The van der Waals surface area contributed by atoms with E-state index in [4.69, 9.17) is 0 Å². The molecule has 0 aliphatic carbocycles. The number of H-pyrrole nitrogens is 1. The number of piperidine rings is 1. The van der Waals surface area contributed by atoms with Gasteiger partial charge in [-0.05, 0) is 48.7 Å². The van der Waals surface area contributed by atoms with Crippen molar-refractivity contribution in [1.82, 2.24) is 24.9 Å². The van der Waals surface area contributed by atoms with E-state index in [1.165, 1.54) is 12.1 Å². The molecule has 1 aliphatic heterocycles. The largest absolute Gasteiger partial charge is 0.338 e. The maximum atomic E-state index is 13.5. The van der Waals surface area contributed by atoms with Gasteiger partial charge in [-0.2, -0.15) is 10.2 Å². The first kappa shape index (κ1) is 22.5. The van der Waals surface area contributed by atoms with Gasteiger partial charge in [0.1, 0.15) is 5.82 Å². The van der Waals surface area contributed by atoms with E-state index >= 15 is 0 Å². The molecule has 0 unspecified atom stereocenters. The van der Waals surface area contributed by atoms with Crippen molar-refractivity contribution in [3.63, 3.8) is 0 Å². The van der Waals surface area contributed by atoms with Crippen LogP contribution in [0.5, 0.6) is 0 Å². The van der Waals surface area contributed by atoms with Crippen LogP contribution in [0.4, 0.5) is 10.1 Å². The fourth-order valence-corrected chi connectivity index (χ4v) is 4.54. The molecular formula is C26H25FN6O2. The van der Waals surface area contributed by atoms with Crippen molar-refractivity contribution < 1.29 is 14.0 Å². The van der Waals surface area contributed by atoms with Gasteiger partial charge in [0.05, 0.1) is 17.4 Å². The summed E-state index contributed by atoms with van der Waals surface area (Å²) in [6, 6.07) is 15.0. The zero-order valence-electron chi connectivity index (χ0n) is 19.2. The second-order valence-electron chi connectivity index (χ2n) is 8.67. The number of benzene rings is 2. The molecule has 5 rings (SSSR count). The minimum absolute atomic E-state index is 0.0607. The second-order valence-corrected chi connectivity index (χ2v) is 8.67. The Balaban J connectivity index is 1.35. The summed E-state index contributed by atoms with van der Waals surface area (Å²) < 4.78 is 14.9. The van der Waals surface area contributed by atoms with E-state index in [2.05, 4.69) is 20.6 Å². The first-order chi connectivity index (χ1) is 17.0. The molecule has 0 saturated carbocycles. The van der Waals surface area contributed by atoms with E-state index in [0.29, 0.717) is 24.3 Å². The maximum Gasteiger partial charge on any atom is 0.276 e. The lowest BCUT2D eigenvalue weighted by Crippen LogP contribution is -2.39. The molecule has 2 aromatic carbocycles. The number of halogens is 1. The zero-order valence-corrected chi connectivity index (χ0v) is 19.2. The molecule has 2 amide bonds. The predicted octanol–water partition coefficient (Wildman–Crippen LogP) is 4.22. The van der Waals surface area contributed by atoms with Crippen molar-refractivity contribution in [2.45, 2.75) is 18.8 Å². The van der Waals surface area contributed by atoms with Crippen LogP contribution in [0.25, 0.3) is 11.1 Å². The first-order valence-corrected chi connectivity index (χ1v) is 11.5. The lowest BCUT2D eigenvalue weighted by molar-refractivity contribution is 0.0707. The molecule has 2 N–H and O–H groups in total. The van der Waals surface area contributed by atoms with Crippen LogP contribution in [0, 0.1) is 5.82 Å². The Morgan fingerprint density at radius 2 is 1.91 bits per heavy atom. The summed E-state index contributed by atoms with van der Waals surface area (Å²) in [5, 5.41) is 14.3. The van der Waals surface area contributed by atoms with Gasteiger partial charge in [0.15, 0.2) is 5.69 Å². The van der Waals surface area contributed by atoms with Gasteiger partial charge in [0, 0.05) is 43.5 Å². The molecular weight excluding hydrogens is 447 g/mol. The number of hydrogen-bond donors (Lipinski definition) is 2. The summed E-state index contributed by atoms with van der Waals surface area (Å²) in [6.07, 6.45) is 5.17. The van der Waals surface area contributed by atoms with Gasteiger partial charge >= 0.3 is 0 Å². The number of nitrogens with zero attached hydrogens (tertiary/aromatic N) is 4. The van der Waals surface area contributed by atoms with Crippen LogP contribution in [0.15, 0.2) is 67.0 Å². The van der Waals surface area contributed by atoms with Crippen LogP contribution >= 0.6 is 0 Å². The number of likely N-dealkylation sites (tertiary alicyclic amines) is 1. The average molecular weight is 473 g/mol. The summed E-state index contributed by atoms with van der Waals surface area (Å²) >= 11 is 0. The zero-order chi connectivity index (χ0) is 24.4. The standard InChI is InChI=1S/C26H25FN6O2/c1-32-14-12-23(31-32)25(34)29-22-7-3-2-6-20(22)26(35)33-13-4-5-18(16-33)24-21(15-28-30-24)17-8-10-19(27)11-9-17/h2-3,6-12,14-15,18H,4-5,13,16H2,1H3,(H,28,30)(H,29,34)/t18-/m0/s1. The number of aryl methyl sites for hydroxylation is 1. The van der Waals surface area contributed by atoms with Gasteiger partial charge in [0.25, 0.3) is 11.8 Å². The first-order valence-electron chi connectivity index (χ1n) is 11.5. The van der Waals surface area contributed by atoms with Crippen molar-refractivity contribution in [2.24, 2.45) is 7.05 Å². The quantitative estimate of drug-likeness (QED) is 0.455. The molecule has 4 aromatic rings. The van der Waals surface area contributed by atoms with E-state index in [-0.39, 0.29) is 29.2 Å². The molecule has 1 fully saturated rings. The minimum Gasteiger partial charge on any atom is -0.338 e. The Morgan fingerprint density at radius 3 is 2.69 bits per heavy atom. The Hall–Kier alpha value is -4.27. The molecule has 1 atom stereocenters. The number of rotatable bonds is 5. The summed E-state index contributed by atoms with van der Waals surface area (Å²) in [7, 11) is 1.74. The molecule has 8 nitrogen and oxygen atoms in total. The molecule has 0 spiro atoms. The maximum absolute atomic E-state index is 13.5. The predicted molar refractivity (Wildman–Crippen MR) is 129 cm³/mol. The van der Waals surface area contributed by atoms with Crippen LogP contribution in [-0.4, -0.2) is 49.8 Å². The molecule has 1 aliphatic rings. The highest BCUT2D eigenvalue weighted by atomic mass is 19.1. The van der Waals surface area contributed by atoms with Gasteiger partial charge in [-0.1, -0.05) is 24.3 Å². The topological polar surface area (TPSA) is 95.9 Å². The fourth-order valence-electron chi connectivity index (χ4n) is 4.54. The summed E-state index contributed by atoms with van der Waals surface area (Å²) in [5.41, 5.74) is 3.88. The minimum atomic E-state index is -0.372. The Labute approximate surface area is 201 Å². The Kier molecular flexibility index (Phi) is 6.13. The summed E-state index contributed by atoms with van der Waals surface area (Å²) in [6.45, 7) is 1.13. The van der Waals surface area contributed by atoms with Crippen molar-refractivity contribution in [1.29, 1.82) is 0 Å². The molecule has 3 heterocycles. The number of aromatic amines is 1. The van der Waals surface area contributed by atoms with Crippen molar-refractivity contribution in [2.75, 3.05) is 18.4 Å². The molecule has 2 aromatic heterocycles. The van der Waals surface area contributed by atoms with Crippen LogP contribution in [0.1, 0.15) is 45.3 Å². The van der Waals surface area contributed by atoms with E-state index in [9.17, 15) is 14.0 Å². The Bertz CT molecular complexity index is 1360. The van der Waals surface area contributed by atoms with Crippen molar-refractivity contribution in [3.05, 3.63) is 89.8 Å². The number of para-hydroxylation sites is 1. The number of anilines is 1. The van der Waals surface area contributed by atoms with Crippen LogP contribution in [0.2, 0.25) is 0 Å². The van der Waals surface area contributed by atoms with E-state index in [1.807, 2.05) is 4.90 Å². The lowest BCUT2D eigenvalue weighted by Gasteiger charge is -2.33. The second kappa shape index (κ2) is 9.54. The number of aromatic nitrogens is 4. The number of amides is 2. The van der Waals surface area contributed by atoms with Gasteiger partial charge in [-0.3, -0.25) is 19.4 Å². The summed E-state index contributed by atoms with van der Waals surface area (Å²) in [5.74, 6) is -0.745. The molecule has 9 heteroatoms. The number of carbonyl (C=O) groups excluding carboxylic acids is 2. The third-order valence-corrected chi connectivity index (χ3v) is 6.29. The van der Waals surface area contributed by atoms with Crippen molar-refractivity contribution >= 4 is 17.5 Å². The van der Waals surface area contributed by atoms with Gasteiger partial charge < -0.3 is 10.2 Å². The monoisotopic (exact) mass is 472 g/mol. The van der Waals surface area contributed by atoms with E-state index < -0.39 is 0 Å². The van der Waals surface area contributed by atoms with E-state index in [1.54, 1.807) is 66.6 Å². The smallest absolute Gasteiger partial charge is 0.276 e. The molecule has 1 saturated heterocycles. The highest BCUT2D eigenvalue weighted by Gasteiger charge is 2.29.